The van der Waals surface area contributed by atoms with E-state index in [9.17, 15) is 24.3 Å². The standard InChI is InChI=1S/C24H21NO6/c1-10-7-17(26)16-9-15-12(5-6-14-20(15)24(30)25-23(14)29)19(21(16)22(10)28)13-4-3-11(31-2)8-18(13)27/h3-5,7-8,14-15,19-20,27H,6,9H2,1-2H3,(H,25,29,30). The second kappa shape index (κ2) is 6.77. The van der Waals surface area contributed by atoms with Gasteiger partial charge in [-0.1, -0.05) is 17.7 Å². The molecular weight excluding hydrogens is 398 g/mol. The zero-order valence-electron chi connectivity index (χ0n) is 17.1. The van der Waals surface area contributed by atoms with Gasteiger partial charge in [0.1, 0.15) is 11.5 Å². The number of hydrogen-bond donors (Lipinski definition) is 2. The zero-order valence-corrected chi connectivity index (χ0v) is 17.1. The summed E-state index contributed by atoms with van der Waals surface area (Å²) in [5.41, 5.74) is 2.36. The first-order chi connectivity index (χ1) is 14.8. The van der Waals surface area contributed by atoms with Crippen LogP contribution in [0.1, 0.15) is 31.2 Å². The first-order valence-electron chi connectivity index (χ1n) is 10.2. The van der Waals surface area contributed by atoms with E-state index in [2.05, 4.69) is 5.32 Å². The van der Waals surface area contributed by atoms with Gasteiger partial charge in [-0.25, -0.2) is 0 Å². The smallest absolute Gasteiger partial charge is 0.231 e. The molecule has 1 heterocycles. The molecule has 1 saturated heterocycles. The fraction of sp³-hybridized carbons (Fsp3) is 0.333. The third kappa shape index (κ3) is 2.72. The van der Waals surface area contributed by atoms with E-state index in [0.29, 0.717) is 34.5 Å². The number of phenols is 1. The van der Waals surface area contributed by atoms with Crippen LogP contribution >= 0.6 is 0 Å². The highest BCUT2D eigenvalue weighted by Crippen LogP contribution is 2.55. The Hall–Kier alpha value is -3.48. The number of benzene rings is 1. The van der Waals surface area contributed by atoms with Gasteiger partial charge in [0.25, 0.3) is 0 Å². The van der Waals surface area contributed by atoms with Crippen LogP contribution in [-0.4, -0.2) is 35.6 Å². The van der Waals surface area contributed by atoms with Gasteiger partial charge in [-0.3, -0.25) is 24.5 Å². The molecule has 0 spiro atoms. The van der Waals surface area contributed by atoms with Gasteiger partial charge < -0.3 is 9.84 Å². The molecule has 31 heavy (non-hydrogen) atoms. The molecular formula is C24H21NO6. The van der Waals surface area contributed by atoms with Crippen molar-refractivity contribution in [3.05, 3.63) is 58.2 Å². The number of amides is 2. The fourth-order valence-electron chi connectivity index (χ4n) is 5.52. The number of Topliss-reactive ketones (excluding diaryl/α,β-unsaturated/α-hetero) is 1. The van der Waals surface area contributed by atoms with Gasteiger partial charge >= 0.3 is 0 Å². The summed E-state index contributed by atoms with van der Waals surface area (Å²) >= 11 is 0. The summed E-state index contributed by atoms with van der Waals surface area (Å²) < 4.78 is 5.18. The summed E-state index contributed by atoms with van der Waals surface area (Å²) in [6, 6.07) is 4.84. The Morgan fingerprint density at radius 2 is 1.87 bits per heavy atom. The number of hydrogen-bond acceptors (Lipinski definition) is 6. The third-order valence-electron chi connectivity index (χ3n) is 6.96. The lowest BCUT2D eigenvalue weighted by atomic mass is 9.59. The number of allylic oxidation sites excluding steroid dienone is 6. The highest BCUT2D eigenvalue weighted by atomic mass is 16.5. The molecule has 0 bridgehead atoms. The van der Waals surface area contributed by atoms with Crippen LogP contribution < -0.4 is 10.1 Å². The Morgan fingerprint density at radius 3 is 2.58 bits per heavy atom. The molecule has 7 nitrogen and oxygen atoms in total. The SMILES string of the molecule is COc1ccc(C2C3=CCC4C(=O)NC(=O)C4C3CC3=C2C(=O)C(C)=CC3=O)c(O)c1. The summed E-state index contributed by atoms with van der Waals surface area (Å²) in [5.74, 6) is -2.82. The molecule has 5 rings (SSSR count). The highest BCUT2D eigenvalue weighted by molar-refractivity contribution is 6.23. The summed E-state index contributed by atoms with van der Waals surface area (Å²) in [4.78, 5) is 51.0. The van der Waals surface area contributed by atoms with E-state index in [0.717, 1.165) is 5.57 Å². The number of aromatic hydroxyl groups is 1. The molecule has 1 aromatic carbocycles. The number of rotatable bonds is 2. The number of carbonyl (C=O) groups excluding carboxylic acids is 4. The Bertz CT molecular complexity index is 1170. The van der Waals surface area contributed by atoms with Gasteiger partial charge in [-0.15, -0.1) is 0 Å². The second-order valence-electron chi connectivity index (χ2n) is 8.51. The number of carbonyl (C=O) groups is 4. The first kappa shape index (κ1) is 19.5. The number of ketones is 2. The molecule has 2 amide bonds. The van der Waals surface area contributed by atoms with Crippen molar-refractivity contribution in [2.45, 2.75) is 25.7 Å². The van der Waals surface area contributed by atoms with Crippen LogP contribution in [0.2, 0.25) is 0 Å². The lowest BCUT2D eigenvalue weighted by Gasteiger charge is -2.42. The van der Waals surface area contributed by atoms with E-state index in [1.807, 2.05) is 6.08 Å². The fourth-order valence-corrected chi connectivity index (χ4v) is 5.52. The van der Waals surface area contributed by atoms with Gasteiger partial charge in [0.15, 0.2) is 11.6 Å². The van der Waals surface area contributed by atoms with Crippen molar-refractivity contribution in [3.63, 3.8) is 0 Å². The lowest BCUT2D eigenvalue weighted by molar-refractivity contribution is -0.126. The minimum absolute atomic E-state index is 0.0562. The number of phenolic OH excluding ortho intramolecular Hbond substituents is 1. The van der Waals surface area contributed by atoms with Crippen molar-refractivity contribution in [1.82, 2.24) is 5.32 Å². The van der Waals surface area contributed by atoms with E-state index in [1.165, 1.54) is 19.3 Å². The van der Waals surface area contributed by atoms with Crippen molar-refractivity contribution < 1.29 is 29.0 Å². The van der Waals surface area contributed by atoms with Crippen LogP contribution in [0.5, 0.6) is 11.5 Å². The molecule has 1 aromatic rings. The summed E-state index contributed by atoms with van der Waals surface area (Å²) in [7, 11) is 1.49. The number of nitrogens with one attached hydrogen (secondary N) is 1. The molecule has 0 radical (unpaired) electrons. The van der Waals surface area contributed by atoms with Gasteiger partial charge in [-0.2, -0.15) is 0 Å². The maximum absolute atomic E-state index is 13.2. The van der Waals surface area contributed by atoms with Crippen LogP contribution in [0.15, 0.2) is 52.6 Å². The average molecular weight is 419 g/mol. The monoisotopic (exact) mass is 419 g/mol. The molecule has 4 atom stereocenters. The van der Waals surface area contributed by atoms with Crippen LogP contribution in [0.25, 0.3) is 0 Å². The van der Waals surface area contributed by atoms with E-state index < -0.39 is 17.8 Å². The van der Waals surface area contributed by atoms with Crippen LogP contribution in [0.4, 0.5) is 0 Å². The highest BCUT2D eigenvalue weighted by Gasteiger charge is 2.53. The first-order valence-corrected chi connectivity index (χ1v) is 10.2. The van der Waals surface area contributed by atoms with Crippen LogP contribution in [0.3, 0.4) is 0 Å². The maximum atomic E-state index is 13.2. The predicted molar refractivity (Wildman–Crippen MR) is 109 cm³/mol. The van der Waals surface area contributed by atoms with E-state index in [-0.39, 0.29) is 41.5 Å². The molecule has 158 valence electrons. The second-order valence-corrected chi connectivity index (χ2v) is 8.51. The largest absolute Gasteiger partial charge is 0.507 e. The summed E-state index contributed by atoms with van der Waals surface area (Å²) in [5, 5.41) is 13.2. The molecule has 1 aliphatic heterocycles. The molecule has 2 N–H and O–H groups in total. The van der Waals surface area contributed by atoms with Crippen molar-refractivity contribution in [2.24, 2.45) is 17.8 Å². The molecule has 0 aromatic heterocycles. The van der Waals surface area contributed by atoms with Crippen molar-refractivity contribution in [1.29, 1.82) is 0 Å². The van der Waals surface area contributed by atoms with Crippen LogP contribution in [-0.2, 0) is 19.2 Å². The summed E-state index contributed by atoms with van der Waals surface area (Å²) in [6.07, 6.45) is 3.85. The normalized spacial score (nSPS) is 29.6. The quantitative estimate of drug-likeness (QED) is 0.432. The number of methoxy groups -OCH3 is 1. The van der Waals surface area contributed by atoms with Gasteiger partial charge in [0.2, 0.25) is 11.8 Å². The molecule has 3 aliphatic carbocycles. The van der Waals surface area contributed by atoms with Gasteiger partial charge in [-0.05, 0) is 37.8 Å². The zero-order chi connectivity index (χ0) is 22.0. The lowest BCUT2D eigenvalue weighted by Crippen LogP contribution is -2.39. The Labute approximate surface area is 178 Å². The molecule has 7 heteroatoms. The van der Waals surface area contributed by atoms with Gasteiger partial charge in [0, 0.05) is 34.3 Å². The number of ether oxygens (including phenoxy) is 1. The number of fused-ring (bicyclic) bond motifs is 3. The Morgan fingerprint density at radius 1 is 1.10 bits per heavy atom. The Balaban J connectivity index is 1.73. The molecule has 4 aliphatic rings. The number of imide groups is 1. The predicted octanol–water partition coefficient (Wildman–Crippen LogP) is 2.12. The van der Waals surface area contributed by atoms with Crippen molar-refractivity contribution >= 4 is 23.4 Å². The van der Waals surface area contributed by atoms with E-state index in [4.69, 9.17) is 4.74 Å². The minimum Gasteiger partial charge on any atom is -0.507 e. The van der Waals surface area contributed by atoms with Crippen LogP contribution in [0, 0.1) is 17.8 Å². The maximum Gasteiger partial charge on any atom is 0.231 e. The van der Waals surface area contributed by atoms with E-state index in [1.54, 1.807) is 19.1 Å². The minimum atomic E-state index is -0.663. The van der Waals surface area contributed by atoms with E-state index >= 15 is 0 Å². The summed E-state index contributed by atoms with van der Waals surface area (Å²) in [6.45, 7) is 1.61. The topological polar surface area (TPSA) is 110 Å². The third-order valence-corrected chi connectivity index (χ3v) is 6.96. The van der Waals surface area contributed by atoms with Gasteiger partial charge in [0.05, 0.1) is 18.9 Å². The molecule has 0 saturated carbocycles. The average Bonchev–Trinajstić information content (AvgIpc) is 3.04. The molecule has 1 fully saturated rings. The molecule has 4 unspecified atom stereocenters. The van der Waals surface area contributed by atoms with Crippen molar-refractivity contribution in [3.8, 4) is 11.5 Å². The Kier molecular flexibility index (Phi) is 4.25. The van der Waals surface area contributed by atoms with Crippen molar-refractivity contribution in [2.75, 3.05) is 7.11 Å².